The van der Waals surface area contributed by atoms with E-state index in [-0.39, 0.29) is 0 Å². The van der Waals surface area contributed by atoms with Gasteiger partial charge < -0.3 is 9.47 Å². The van der Waals surface area contributed by atoms with Gasteiger partial charge in [-0.25, -0.2) is 9.97 Å². The summed E-state index contributed by atoms with van der Waals surface area (Å²) in [5.74, 6) is 1.94. The van der Waals surface area contributed by atoms with Gasteiger partial charge in [-0.3, -0.25) is 9.80 Å². The van der Waals surface area contributed by atoms with Gasteiger partial charge in [0, 0.05) is 56.2 Å². The number of rotatable bonds is 6. The van der Waals surface area contributed by atoms with Crippen molar-refractivity contribution < 1.29 is 9.47 Å². The third kappa shape index (κ3) is 4.60. The van der Waals surface area contributed by atoms with Crippen molar-refractivity contribution in [2.24, 2.45) is 0 Å². The molecule has 0 aliphatic carbocycles. The van der Waals surface area contributed by atoms with Crippen LogP contribution in [0, 0.1) is 0 Å². The molecule has 1 saturated heterocycles. The second-order valence-corrected chi connectivity index (χ2v) is 8.23. The van der Waals surface area contributed by atoms with Crippen molar-refractivity contribution in [3.63, 3.8) is 0 Å². The van der Waals surface area contributed by atoms with Crippen molar-refractivity contribution in [3.8, 4) is 5.75 Å². The van der Waals surface area contributed by atoms with Crippen LogP contribution in [0.15, 0.2) is 24.4 Å². The predicted molar refractivity (Wildman–Crippen MR) is 113 cm³/mol. The monoisotopic (exact) mass is 396 g/mol. The number of hydrogen-bond donors (Lipinski definition) is 0. The normalized spacial score (nSPS) is 20.4. The first kappa shape index (κ1) is 20.3. The highest BCUT2D eigenvalue weighted by molar-refractivity contribution is 5.37. The average molecular weight is 397 g/mol. The molecule has 4 rings (SSSR count). The molecule has 0 N–H and O–H groups in total. The number of fused-ring (bicyclic) bond motifs is 1. The van der Waals surface area contributed by atoms with Gasteiger partial charge in [0.1, 0.15) is 11.6 Å². The van der Waals surface area contributed by atoms with E-state index in [1.54, 1.807) is 14.2 Å². The lowest BCUT2D eigenvalue weighted by atomic mass is 10.0. The Morgan fingerprint density at radius 1 is 1.17 bits per heavy atom. The first-order valence-corrected chi connectivity index (χ1v) is 10.6. The highest BCUT2D eigenvalue weighted by Gasteiger charge is 2.26. The Morgan fingerprint density at radius 2 is 2.07 bits per heavy atom. The predicted octanol–water partition coefficient (Wildman–Crippen LogP) is 3.35. The minimum Gasteiger partial charge on any atom is -0.496 e. The summed E-state index contributed by atoms with van der Waals surface area (Å²) < 4.78 is 10.9. The van der Waals surface area contributed by atoms with Gasteiger partial charge in [0.05, 0.1) is 19.8 Å². The minimum atomic E-state index is 0.375. The van der Waals surface area contributed by atoms with E-state index in [9.17, 15) is 0 Å². The smallest absolute Gasteiger partial charge is 0.145 e. The number of piperidine rings is 1. The fourth-order valence-corrected chi connectivity index (χ4v) is 4.54. The van der Waals surface area contributed by atoms with Gasteiger partial charge in [0.25, 0.3) is 0 Å². The SMILES string of the molecule is COCc1ccc(OC)c(CN2CCc3nc([C@H]4CCCCN4C)ncc3C2)c1. The van der Waals surface area contributed by atoms with Gasteiger partial charge in [0.2, 0.25) is 0 Å². The van der Waals surface area contributed by atoms with E-state index in [1.807, 2.05) is 6.07 Å². The molecular formula is C23H32N4O2. The molecule has 0 unspecified atom stereocenters. The van der Waals surface area contributed by atoms with Crippen LogP contribution in [0.25, 0.3) is 0 Å². The molecule has 29 heavy (non-hydrogen) atoms. The van der Waals surface area contributed by atoms with Gasteiger partial charge in [-0.2, -0.15) is 0 Å². The molecule has 1 fully saturated rings. The number of hydrogen-bond acceptors (Lipinski definition) is 6. The summed E-state index contributed by atoms with van der Waals surface area (Å²) in [4.78, 5) is 14.6. The second-order valence-electron chi connectivity index (χ2n) is 8.23. The quantitative estimate of drug-likeness (QED) is 0.746. The topological polar surface area (TPSA) is 50.7 Å². The summed E-state index contributed by atoms with van der Waals surface area (Å²) in [6.07, 6.45) is 6.75. The molecule has 0 radical (unpaired) electrons. The van der Waals surface area contributed by atoms with E-state index >= 15 is 0 Å². The van der Waals surface area contributed by atoms with Crippen molar-refractivity contribution in [3.05, 3.63) is 52.6 Å². The third-order valence-corrected chi connectivity index (χ3v) is 6.15. The maximum absolute atomic E-state index is 5.59. The zero-order chi connectivity index (χ0) is 20.2. The molecule has 0 saturated carbocycles. The van der Waals surface area contributed by atoms with E-state index < -0.39 is 0 Å². The zero-order valence-electron chi connectivity index (χ0n) is 17.9. The van der Waals surface area contributed by atoms with Crippen LogP contribution in [0.4, 0.5) is 0 Å². The van der Waals surface area contributed by atoms with Crippen LogP contribution in [-0.4, -0.2) is 54.1 Å². The van der Waals surface area contributed by atoms with Crippen molar-refractivity contribution in [1.29, 1.82) is 0 Å². The van der Waals surface area contributed by atoms with E-state index in [4.69, 9.17) is 19.4 Å². The van der Waals surface area contributed by atoms with Crippen LogP contribution in [0.1, 0.15) is 53.5 Å². The van der Waals surface area contributed by atoms with Crippen LogP contribution in [0.2, 0.25) is 0 Å². The summed E-state index contributed by atoms with van der Waals surface area (Å²) >= 11 is 0. The van der Waals surface area contributed by atoms with E-state index in [0.717, 1.165) is 44.2 Å². The zero-order valence-corrected chi connectivity index (χ0v) is 17.9. The Balaban J connectivity index is 1.47. The van der Waals surface area contributed by atoms with Crippen LogP contribution in [0.5, 0.6) is 5.75 Å². The van der Waals surface area contributed by atoms with E-state index in [0.29, 0.717) is 12.6 Å². The highest BCUT2D eigenvalue weighted by atomic mass is 16.5. The average Bonchev–Trinajstić information content (AvgIpc) is 2.74. The molecule has 156 valence electrons. The van der Waals surface area contributed by atoms with E-state index in [1.165, 1.54) is 41.6 Å². The lowest BCUT2D eigenvalue weighted by Gasteiger charge is -2.33. The van der Waals surface area contributed by atoms with Gasteiger partial charge in [-0.15, -0.1) is 0 Å². The lowest BCUT2D eigenvalue weighted by molar-refractivity contribution is 0.178. The molecule has 0 spiro atoms. The standard InChI is InChI=1S/C23H32N4O2/c1-26-10-5-4-6-21(26)23-24-13-19-15-27(11-9-20(19)25-23)14-18-12-17(16-28-2)7-8-22(18)29-3/h7-8,12-13,21H,4-6,9-11,14-16H2,1-3H3/t21-/m1/s1. The molecule has 2 aliphatic heterocycles. The highest BCUT2D eigenvalue weighted by Crippen LogP contribution is 2.29. The molecule has 6 nitrogen and oxygen atoms in total. The maximum Gasteiger partial charge on any atom is 0.145 e. The number of ether oxygens (including phenoxy) is 2. The Hall–Kier alpha value is -2.02. The Kier molecular flexibility index (Phi) is 6.43. The Morgan fingerprint density at radius 3 is 2.86 bits per heavy atom. The van der Waals surface area contributed by atoms with Gasteiger partial charge in [-0.05, 0) is 44.1 Å². The lowest BCUT2D eigenvalue weighted by Crippen LogP contribution is -2.33. The summed E-state index contributed by atoms with van der Waals surface area (Å²) in [5.41, 5.74) is 4.85. The fourth-order valence-electron chi connectivity index (χ4n) is 4.54. The molecule has 1 aromatic heterocycles. The summed E-state index contributed by atoms with van der Waals surface area (Å²) in [7, 11) is 5.66. The number of methoxy groups -OCH3 is 2. The summed E-state index contributed by atoms with van der Waals surface area (Å²) in [6, 6.07) is 6.67. The summed E-state index contributed by atoms with van der Waals surface area (Å²) in [6.45, 7) is 4.50. The Bertz CT molecular complexity index is 842. The number of aromatic nitrogens is 2. The third-order valence-electron chi connectivity index (χ3n) is 6.15. The molecule has 1 atom stereocenters. The molecule has 0 amide bonds. The van der Waals surface area contributed by atoms with Crippen LogP contribution in [-0.2, 0) is 30.9 Å². The fraction of sp³-hybridized carbons (Fsp3) is 0.565. The van der Waals surface area contributed by atoms with Gasteiger partial charge in [-0.1, -0.05) is 12.5 Å². The van der Waals surface area contributed by atoms with Crippen molar-refractivity contribution >= 4 is 0 Å². The molecule has 0 bridgehead atoms. The van der Waals surface area contributed by atoms with Crippen molar-refractivity contribution in [1.82, 2.24) is 19.8 Å². The molecular weight excluding hydrogens is 364 g/mol. The van der Waals surface area contributed by atoms with Crippen molar-refractivity contribution in [2.45, 2.75) is 51.4 Å². The molecule has 1 aromatic carbocycles. The van der Waals surface area contributed by atoms with Crippen LogP contribution < -0.4 is 4.74 Å². The molecule has 2 aromatic rings. The van der Waals surface area contributed by atoms with E-state index in [2.05, 4.69) is 35.2 Å². The van der Waals surface area contributed by atoms with Crippen LogP contribution in [0.3, 0.4) is 0 Å². The number of likely N-dealkylation sites (tertiary alicyclic amines) is 1. The minimum absolute atomic E-state index is 0.375. The molecule has 2 aliphatic rings. The van der Waals surface area contributed by atoms with Crippen LogP contribution >= 0.6 is 0 Å². The van der Waals surface area contributed by atoms with Gasteiger partial charge in [0.15, 0.2) is 0 Å². The van der Waals surface area contributed by atoms with Crippen molar-refractivity contribution in [2.75, 3.05) is 34.4 Å². The number of benzene rings is 1. The molecule has 6 heteroatoms. The number of nitrogens with zero attached hydrogens (tertiary/aromatic N) is 4. The Labute approximate surface area is 173 Å². The first-order valence-electron chi connectivity index (χ1n) is 10.6. The summed E-state index contributed by atoms with van der Waals surface area (Å²) in [5, 5.41) is 0. The largest absolute Gasteiger partial charge is 0.496 e. The second kappa shape index (κ2) is 9.20. The first-order chi connectivity index (χ1) is 14.2. The maximum atomic E-state index is 5.59. The molecule has 3 heterocycles. The van der Waals surface area contributed by atoms with Gasteiger partial charge >= 0.3 is 0 Å².